The van der Waals surface area contributed by atoms with Crippen LogP contribution < -0.4 is 9.47 Å². The van der Waals surface area contributed by atoms with Gasteiger partial charge in [0.1, 0.15) is 0 Å². The summed E-state index contributed by atoms with van der Waals surface area (Å²) in [6, 6.07) is 6.37. The maximum Gasteiger partial charge on any atom is 0.231 e. The summed E-state index contributed by atoms with van der Waals surface area (Å²) in [5, 5.41) is 0. The number of hydrogen-bond donors (Lipinski definition) is 0. The number of ether oxygens (including phenoxy) is 2. The smallest absolute Gasteiger partial charge is 0.231 e. The van der Waals surface area contributed by atoms with E-state index in [-0.39, 0.29) is 0 Å². The Balaban J connectivity index is 1.29. The highest BCUT2D eigenvalue weighted by Gasteiger charge is 2.30. The Bertz CT molecular complexity index is 496. The second-order valence-electron chi connectivity index (χ2n) is 6.83. The molecule has 1 atom stereocenters. The van der Waals surface area contributed by atoms with Gasteiger partial charge in [-0.05, 0) is 48.9 Å². The van der Waals surface area contributed by atoms with Crippen LogP contribution in [0.1, 0.15) is 37.7 Å². The van der Waals surface area contributed by atoms with Gasteiger partial charge in [0.2, 0.25) is 6.79 Å². The topological polar surface area (TPSA) is 21.7 Å². The average molecular weight is 287 g/mol. The lowest BCUT2D eigenvalue weighted by molar-refractivity contribution is 0.174. The molecule has 1 aromatic rings. The van der Waals surface area contributed by atoms with Crippen LogP contribution in [0.25, 0.3) is 0 Å². The fraction of sp³-hybridized carbons (Fsp3) is 0.667. The van der Waals surface area contributed by atoms with Crippen LogP contribution in [-0.2, 0) is 6.42 Å². The number of benzene rings is 1. The Kier molecular flexibility index (Phi) is 3.76. The van der Waals surface area contributed by atoms with E-state index in [1.807, 2.05) is 6.07 Å². The minimum Gasteiger partial charge on any atom is -0.454 e. The molecule has 3 nitrogen and oxygen atoms in total. The van der Waals surface area contributed by atoms with Crippen molar-refractivity contribution >= 4 is 0 Å². The van der Waals surface area contributed by atoms with Gasteiger partial charge in [-0.25, -0.2) is 0 Å². The second kappa shape index (κ2) is 5.88. The monoisotopic (exact) mass is 287 g/mol. The fourth-order valence-electron chi connectivity index (χ4n) is 4.26. The molecule has 3 heteroatoms. The van der Waals surface area contributed by atoms with Crippen LogP contribution in [0.15, 0.2) is 18.2 Å². The number of fused-ring (bicyclic) bond motifs is 1. The summed E-state index contributed by atoms with van der Waals surface area (Å²) < 4.78 is 10.8. The van der Waals surface area contributed by atoms with Crippen molar-refractivity contribution in [2.75, 3.05) is 26.4 Å². The van der Waals surface area contributed by atoms with E-state index in [4.69, 9.17) is 9.47 Å². The van der Waals surface area contributed by atoms with Gasteiger partial charge in [0.25, 0.3) is 0 Å². The molecule has 1 aromatic carbocycles. The highest BCUT2D eigenvalue weighted by atomic mass is 16.7. The predicted octanol–water partition coefficient (Wildman–Crippen LogP) is 3.47. The molecule has 0 aromatic heterocycles. The maximum absolute atomic E-state index is 5.46. The first-order valence-corrected chi connectivity index (χ1v) is 8.49. The van der Waals surface area contributed by atoms with Crippen molar-refractivity contribution in [3.63, 3.8) is 0 Å². The van der Waals surface area contributed by atoms with Crippen LogP contribution in [0.2, 0.25) is 0 Å². The van der Waals surface area contributed by atoms with Crippen LogP contribution in [0.5, 0.6) is 11.5 Å². The zero-order valence-corrected chi connectivity index (χ0v) is 12.7. The molecule has 3 aliphatic rings. The van der Waals surface area contributed by atoms with Crippen molar-refractivity contribution in [1.29, 1.82) is 0 Å². The standard InChI is InChI=1S/C18H25NO2/c1-2-4-15(3-1)16-8-10-19(12-16)9-7-14-5-6-17-18(11-14)21-13-20-17/h5-6,11,15-16H,1-4,7-10,12-13H2/t16-/m1/s1. The molecular formula is C18H25NO2. The molecule has 0 N–H and O–H groups in total. The summed E-state index contributed by atoms with van der Waals surface area (Å²) in [4.78, 5) is 2.66. The van der Waals surface area contributed by atoms with Gasteiger partial charge in [-0.3, -0.25) is 0 Å². The quantitative estimate of drug-likeness (QED) is 0.846. The van der Waals surface area contributed by atoms with E-state index < -0.39 is 0 Å². The van der Waals surface area contributed by atoms with Crippen LogP contribution in [0.4, 0.5) is 0 Å². The molecule has 1 aliphatic carbocycles. The van der Waals surface area contributed by atoms with E-state index in [0.717, 1.165) is 29.8 Å². The molecule has 0 radical (unpaired) electrons. The molecule has 1 saturated carbocycles. The first-order chi connectivity index (χ1) is 10.4. The Morgan fingerprint density at radius 2 is 1.86 bits per heavy atom. The molecule has 0 amide bonds. The SMILES string of the molecule is c1cc2c(cc1CCN1CC[C@@H](C3CCCC3)C1)OCO2. The highest BCUT2D eigenvalue weighted by Crippen LogP contribution is 2.36. The Morgan fingerprint density at radius 3 is 2.76 bits per heavy atom. The molecular weight excluding hydrogens is 262 g/mol. The minimum absolute atomic E-state index is 0.369. The van der Waals surface area contributed by atoms with Crippen molar-refractivity contribution in [2.45, 2.75) is 38.5 Å². The molecule has 2 aliphatic heterocycles. The molecule has 0 bridgehead atoms. The average Bonchev–Trinajstić information content (AvgIpc) is 3.24. The van der Waals surface area contributed by atoms with Gasteiger partial charge < -0.3 is 14.4 Å². The number of likely N-dealkylation sites (tertiary alicyclic amines) is 1. The third kappa shape index (κ3) is 2.89. The van der Waals surface area contributed by atoms with Gasteiger partial charge >= 0.3 is 0 Å². The predicted molar refractivity (Wildman–Crippen MR) is 82.8 cm³/mol. The number of hydrogen-bond acceptors (Lipinski definition) is 3. The van der Waals surface area contributed by atoms with Crippen molar-refractivity contribution in [3.8, 4) is 11.5 Å². The summed E-state index contributed by atoms with van der Waals surface area (Å²) in [6.07, 6.45) is 8.46. The Labute approximate surface area is 127 Å². The Morgan fingerprint density at radius 1 is 1.00 bits per heavy atom. The molecule has 21 heavy (non-hydrogen) atoms. The fourth-order valence-corrected chi connectivity index (χ4v) is 4.26. The van der Waals surface area contributed by atoms with Gasteiger partial charge in [0.15, 0.2) is 11.5 Å². The minimum atomic E-state index is 0.369. The normalized spacial score (nSPS) is 25.8. The summed E-state index contributed by atoms with van der Waals surface area (Å²) in [6.45, 7) is 4.18. The zero-order valence-electron chi connectivity index (χ0n) is 12.7. The summed E-state index contributed by atoms with van der Waals surface area (Å²) in [5.41, 5.74) is 1.36. The lowest BCUT2D eigenvalue weighted by atomic mass is 9.90. The van der Waals surface area contributed by atoms with Crippen molar-refractivity contribution in [1.82, 2.24) is 4.90 Å². The van der Waals surface area contributed by atoms with E-state index in [9.17, 15) is 0 Å². The molecule has 4 rings (SSSR count). The highest BCUT2D eigenvalue weighted by molar-refractivity contribution is 5.44. The van der Waals surface area contributed by atoms with Crippen LogP contribution in [-0.4, -0.2) is 31.3 Å². The molecule has 0 unspecified atom stereocenters. The molecule has 1 saturated heterocycles. The summed E-state index contributed by atoms with van der Waals surface area (Å²) >= 11 is 0. The molecule has 0 spiro atoms. The van der Waals surface area contributed by atoms with E-state index >= 15 is 0 Å². The lowest BCUT2D eigenvalue weighted by Crippen LogP contribution is -2.24. The van der Waals surface area contributed by atoms with Crippen molar-refractivity contribution in [3.05, 3.63) is 23.8 Å². The summed E-state index contributed by atoms with van der Waals surface area (Å²) in [5.74, 6) is 3.81. The first kappa shape index (κ1) is 13.4. The number of rotatable bonds is 4. The van der Waals surface area contributed by atoms with Gasteiger partial charge in [0.05, 0.1) is 0 Å². The van der Waals surface area contributed by atoms with E-state index in [1.165, 1.54) is 57.3 Å². The van der Waals surface area contributed by atoms with Gasteiger partial charge in [-0.15, -0.1) is 0 Å². The molecule has 114 valence electrons. The van der Waals surface area contributed by atoms with Crippen LogP contribution in [0.3, 0.4) is 0 Å². The van der Waals surface area contributed by atoms with Crippen LogP contribution in [0, 0.1) is 11.8 Å². The van der Waals surface area contributed by atoms with E-state index in [0.29, 0.717) is 6.79 Å². The summed E-state index contributed by atoms with van der Waals surface area (Å²) in [7, 11) is 0. The maximum atomic E-state index is 5.46. The van der Waals surface area contributed by atoms with E-state index in [2.05, 4.69) is 17.0 Å². The van der Waals surface area contributed by atoms with Crippen LogP contribution >= 0.6 is 0 Å². The first-order valence-electron chi connectivity index (χ1n) is 8.49. The van der Waals surface area contributed by atoms with Gasteiger partial charge in [-0.2, -0.15) is 0 Å². The van der Waals surface area contributed by atoms with E-state index in [1.54, 1.807) is 0 Å². The van der Waals surface area contributed by atoms with Gasteiger partial charge in [0, 0.05) is 13.1 Å². The van der Waals surface area contributed by atoms with Crippen molar-refractivity contribution in [2.24, 2.45) is 11.8 Å². The second-order valence-corrected chi connectivity index (χ2v) is 6.83. The zero-order chi connectivity index (χ0) is 14.1. The molecule has 2 fully saturated rings. The van der Waals surface area contributed by atoms with Gasteiger partial charge in [-0.1, -0.05) is 31.7 Å². The third-order valence-electron chi connectivity index (χ3n) is 5.53. The largest absolute Gasteiger partial charge is 0.454 e. The number of nitrogens with zero attached hydrogens (tertiary/aromatic N) is 1. The van der Waals surface area contributed by atoms with Crippen molar-refractivity contribution < 1.29 is 9.47 Å². The Hall–Kier alpha value is -1.22. The lowest BCUT2D eigenvalue weighted by Gasteiger charge is -2.19. The third-order valence-corrected chi connectivity index (χ3v) is 5.53. The molecule has 2 heterocycles.